The molecule has 4 rings (SSSR count). The fourth-order valence-electron chi connectivity index (χ4n) is 3.34. The maximum atomic E-state index is 12.0. The summed E-state index contributed by atoms with van der Waals surface area (Å²) in [6.07, 6.45) is 3.70. The van der Waals surface area contributed by atoms with Crippen LogP contribution in [-0.2, 0) is 17.8 Å². The van der Waals surface area contributed by atoms with E-state index in [4.69, 9.17) is 21.1 Å². The Morgan fingerprint density at radius 2 is 2.04 bits per heavy atom. The largest absolute Gasteiger partial charge is 0.489 e. The summed E-state index contributed by atoms with van der Waals surface area (Å²) in [7, 11) is 1.37. The molecule has 7 heteroatoms. The maximum Gasteiger partial charge on any atom is 0.341 e. The summed E-state index contributed by atoms with van der Waals surface area (Å²) in [4.78, 5) is 18.6. The van der Waals surface area contributed by atoms with Gasteiger partial charge in [-0.3, -0.25) is 0 Å². The van der Waals surface area contributed by atoms with Gasteiger partial charge in [0, 0.05) is 17.8 Å². The molecule has 2 heterocycles. The van der Waals surface area contributed by atoms with E-state index in [1.807, 2.05) is 48.9 Å². The Balaban J connectivity index is 1.58. The zero-order chi connectivity index (χ0) is 19.5. The number of hydrogen-bond acceptors (Lipinski definition) is 5. The molecule has 0 saturated carbocycles. The summed E-state index contributed by atoms with van der Waals surface area (Å²) in [5, 5.41) is 0.723. The molecule has 6 nitrogen and oxygen atoms in total. The summed E-state index contributed by atoms with van der Waals surface area (Å²) in [5.41, 5.74) is 3.55. The fourth-order valence-corrected chi connectivity index (χ4v) is 3.47. The Labute approximate surface area is 168 Å². The molecule has 0 aliphatic carbocycles. The molecule has 0 bridgehead atoms. The Morgan fingerprint density at radius 1 is 1.21 bits per heavy atom. The van der Waals surface area contributed by atoms with Crippen molar-refractivity contribution >= 4 is 23.3 Å². The van der Waals surface area contributed by atoms with Crippen LogP contribution < -0.4 is 9.64 Å². The number of para-hydroxylation sites is 1. The molecule has 28 heavy (non-hydrogen) atoms. The van der Waals surface area contributed by atoms with E-state index in [0.29, 0.717) is 31.0 Å². The van der Waals surface area contributed by atoms with Crippen molar-refractivity contribution in [3.63, 3.8) is 0 Å². The molecular weight excluding hydrogens is 378 g/mol. The highest BCUT2D eigenvalue weighted by molar-refractivity contribution is 6.30. The highest BCUT2D eigenvalue weighted by atomic mass is 35.5. The van der Waals surface area contributed by atoms with Crippen molar-refractivity contribution in [2.75, 3.05) is 25.2 Å². The second-order valence-electron chi connectivity index (χ2n) is 6.55. The van der Waals surface area contributed by atoms with E-state index in [1.54, 1.807) is 6.07 Å². The number of carbonyl (C=O) groups is 1. The molecule has 0 unspecified atom stereocenters. The molecule has 2 aromatic carbocycles. The summed E-state index contributed by atoms with van der Waals surface area (Å²) in [6.45, 7) is 2.61. The number of anilines is 1. The van der Waals surface area contributed by atoms with Crippen molar-refractivity contribution in [1.82, 2.24) is 9.55 Å². The fraction of sp³-hybridized carbons (Fsp3) is 0.238. The van der Waals surface area contributed by atoms with Gasteiger partial charge in [0.2, 0.25) is 0 Å². The van der Waals surface area contributed by atoms with E-state index in [-0.39, 0.29) is 0 Å². The van der Waals surface area contributed by atoms with Crippen LogP contribution in [0.25, 0.3) is 0 Å². The highest BCUT2D eigenvalue weighted by Gasteiger charge is 2.25. The van der Waals surface area contributed by atoms with Gasteiger partial charge in [-0.15, -0.1) is 0 Å². The van der Waals surface area contributed by atoms with Gasteiger partial charge in [0.1, 0.15) is 12.2 Å². The number of imidazole rings is 1. The van der Waals surface area contributed by atoms with Gasteiger partial charge >= 0.3 is 5.97 Å². The minimum atomic E-state index is -0.397. The number of benzene rings is 2. The summed E-state index contributed by atoms with van der Waals surface area (Å²) in [6, 6.07) is 13.3. The molecule has 0 N–H and O–H groups in total. The third-order valence-corrected chi connectivity index (χ3v) is 5.02. The Hall–Kier alpha value is -2.99. The van der Waals surface area contributed by atoms with E-state index in [0.717, 1.165) is 28.5 Å². The lowest BCUT2D eigenvalue weighted by Crippen LogP contribution is -2.33. The van der Waals surface area contributed by atoms with Crippen molar-refractivity contribution in [2.45, 2.75) is 13.1 Å². The van der Waals surface area contributed by atoms with Crippen LogP contribution in [0.5, 0.6) is 5.75 Å². The first-order chi connectivity index (χ1) is 13.7. The Morgan fingerprint density at radius 3 is 2.82 bits per heavy atom. The average molecular weight is 398 g/mol. The maximum absolute atomic E-state index is 12.0. The number of esters is 1. The standard InChI is InChI=1S/C21H20ClN3O3/c1-27-21(26)18-3-2-4-19-20(18)28-10-9-24(19)13-17-11-23-14-25(17)12-15-5-7-16(22)8-6-15/h2-8,11,14H,9-10,12-13H2,1H3. The zero-order valence-corrected chi connectivity index (χ0v) is 16.2. The van der Waals surface area contributed by atoms with Gasteiger partial charge in [-0.05, 0) is 29.8 Å². The van der Waals surface area contributed by atoms with Crippen LogP contribution in [0, 0.1) is 0 Å². The number of halogens is 1. The molecule has 3 aromatic rings. The van der Waals surface area contributed by atoms with Gasteiger partial charge in [-0.2, -0.15) is 0 Å². The third-order valence-electron chi connectivity index (χ3n) is 4.77. The highest BCUT2D eigenvalue weighted by Crippen LogP contribution is 2.36. The monoisotopic (exact) mass is 397 g/mol. The summed E-state index contributed by atoms with van der Waals surface area (Å²) < 4.78 is 12.8. The summed E-state index contributed by atoms with van der Waals surface area (Å²) in [5.74, 6) is 0.177. The second-order valence-corrected chi connectivity index (χ2v) is 6.99. The first-order valence-corrected chi connectivity index (χ1v) is 9.36. The zero-order valence-electron chi connectivity index (χ0n) is 15.5. The van der Waals surface area contributed by atoms with Crippen LogP contribution in [0.4, 0.5) is 5.69 Å². The lowest BCUT2D eigenvalue weighted by Gasteiger charge is -2.32. The van der Waals surface area contributed by atoms with Crippen LogP contribution in [0.2, 0.25) is 5.02 Å². The van der Waals surface area contributed by atoms with Crippen LogP contribution in [0.1, 0.15) is 21.6 Å². The number of aromatic nitrogens is 2. The smallest absolute Gasteiger partial charge is 0.341 e. The van der Waals surface area contributed by atoms with E-state index >= 15 is 0 Å². The molecule has 1 aliphatic rings. The van der Waals surface area contributed by atoms with Gasteiger partial charge in [0.15, 0.2) is 5.75 Å². The molecular formula is C21H20ClN3O3. The predicted octanol–water partition coefficient (Wildman–Crippen LogP) is 3.77. The van der Waals surface area contributed by atoms with Crippen molar-refractivity contribution in [1.29, 1.82) is 0 Å². The number of rotatable bonds is 5. The lowest BCUT2D eigenvalue weighted by molar-refractivity contribution is 0.0595. The number of hydrogen-bond donors (Lipinski definition) is 0. The van der Waals surface area contributed by atoms with Gasteiger partial charge < -0.3 is 18.9 Å². The van der Waals surface area contributed by atoms with Crippen molar-refractivity contribution in [3.05, 3.63) is 76.8 Å². The molecule has 0 radical (unpaired) electrons. The van der Waals surface area contributed by atoms with Crippen molar-refractivity contribution in [2.24, 2.45) is 0 Å². The molecule has 0 saturated heterocycles. The van der Waals surface area contributed by atoms with Gasteiger partial charge in [0.05, 0.1) is 37.9 Å². The molecule has 144 valence electrons. The number of carbonyl (C=O) groups excluding carboxylic acids is 1. The van der Waals surface area contributed by atoms with E-state index in [9.17, 15) is 4.79 Å². The van der Waals surface area contributed by atoms with Crippen LogP contribution in [-0.4, -0.2) is 35.8 Å². The summed E-state index contributed by atoms with van der Waals surface area (Å²) >= 11 is 5.98. The molecule has 1 aromatic heterocycles. The van der Waals surface area contributed by atoms with Gasteiger partial charge in [0.25, 0.3) is 0 Å². The average Bonchev–Trinajstić information content (AvgIpc) is 3.15. The second kappa shape index (κ2) is 7.94. The van der Waals surface area contributed by atoms with E-state index in [2.05, 4.69) is 14.5 Å². The lowest BCUT2D eigenvalue weighted by atomic mass is 10.1. The van der Waals surface area contributed by atoms with Crippen LogP contribution in [0.3, 0.4) is 0 Å². The molecule has 1 aliphatic heterocycles. The topological polar surface area (TPSA) is 56.6 Å². The van der Waals surface area contributed by atoms with Gasteiger partial charge in [-0.1, -0.05) is 29.8 Å². The first-order valence-electron chi connectivity index (χ1n) is 8.98. The number of ether oxygens (including phenoxy) is 2. The van der Waals surface area contributed by atoms with E-state index < -0.39 is 5.97 Å². The SMILES string of the molecule is COC(=O)c1cccc2c1OCCN2Cc1cncn1Cc1ccc(Cl)cc1. The minimum Gasteiger partial charge on any atom is -0.489 e. The molecule has 0 spiro atoms. The van der Waals surface area contributed by atoms with E-state index in [1.165, 1.54) is 7.11 Å². The predicted molar refractivity (Wildman–Crippen MR) is 107 cm³/mol. The van der Waals surface area contributed by atoms with Crippen molar-refractivity contribution < 1.29 is 14.3 Å². The number of methoxy groups -OCH3 is 1. The van der Waals surface area contributed by atoms with Crippen LogP contribution in [0.15, 0.2) is 55.0 Å². The number of nitrogens with zero attached hydrogens (tertiary/aromatic N) is 3. The Kier molecular flexibility index (Phi) is 5.21. The molecule has 0 atom stereocenters. The quantitative estimate of drug-likeness (QED) is 0.613. The Bertz CT molecular complexity index is 985. The molecule has 0 fully saturated rings. The molecule has 0 amide bonds. The van der Waals surface area contributed by atoms with Crippen molar-refractivity contribution in [3.8, 4) is 5.75 Å². The minimum absolute atomic E-state index is 0.397. The van der Waals surface area contributed by atoms with Gasteiger partial charge in [-0.25, -0.2) is 9.78 Å². The third kappa shape index (κ3) is 3.68. The van der Waals surface area contributed by atoms with Crippen LogP contribution >= 0.6 is 11.6 Å². The normalized spacial score (nSPS) is 13.0. The number of fused-ring (bicyclic) bond motifs is 1. The first kappa shape index (κ1) is 18.4.